The Morgan fingerprint density at radius 2 is 1.91 bits per heavy atom. The van der Waals surface area contributed by atoms with E-state index in [1.165, 1.54) is 5.01 Å². The van der Waals surface area contributed by atoms with Gasteiger partial charge in [0.25, 0.3) is 11.8 Å². The Morgan fingerprint density at radius 3 is 2.62 bits per heavy atom. The molecule has 0 unspecified atom stereocenters. The van der Waals surface area contributed by atoms with E-state index in [-0.39, 0.29) is 23.9 Å². The third-order valence-corrected chi connectivity index (χ3v) is 6.23. The smallest absolute Gasteiger partial charge is 0.265 e. The SMILES string of the molecule is C[C@H](Nc1cccc(C(=O)NC2CC2)c1)C(=O)N1N=C(c2ccc(Cl)cc2)C[C@@H]1c1ccco1. The van der Waals surface area contributed by atoms with Crippen molar-refractivity contribution in [2.24, 2.45) is 5.10 Å². The summed E-state index contributed by atoms with van der Waals surface area (Å²) in [7, 11) is 0. The molecule has 3 aromatic rings. The van der Waals surface area contributed by atoms with E-state index in [1.54, 1.807) is 37.5 Å². The van der Waals surface area contributed by atoms with Crippen molar-refractivity contribution in [1.82, 2.24) is 10.3 Å². The first-order valence-corrected chi connectivity index (χ1v) is 11.7. The molecule has 1 fully saturated rings. The number of carbonyl (C=O) groups excluding carboxylic acids is 2. The number of hydrogen-bond donors (Lipinski definition) is 2. The highest BCUT2D eigenvalue weighted by atomic mass is 35.5. The fourth-order valence-corrected chi connectivity index (χ4v) is 4.12. The van der Waals surface area contributed by atoms with Gasteiger partial charge in [-0.05, 0) is 67.8 Å². The number of carbonyl (C=O) groups is 2. The molecule has 1 aromatic heterocycles. The lowest BCUT2D eigenvalue weighted by molar-refractivity contribution is -0.133. The lowest BCUT2D eigenvalue weighted by Crippen LogP contribution is -2.38. The lowest BCUT2D eigenvalue weighted by atomic mass is 10.0. The molecule has 1 aliphatic carbocycles. The number of rotatable bonds is 7. The maximum atomic E-state index is 13.5. The summed E-state index contributed by atoms with van der Waals surface area (Å²) < 4.78 is 5.62. The molecule has 1 aliphatic heterocycles. The molecule has 7 nitrogen and oxygen atoms in total. The number of hydrazone groups is 1. The van der Waals surface area contributed by atoms with Crippen LogP contribution in [-0.2, 0) is 4.79 Å². The second kappa shape index (κ2) is 9.35. The number of nitrogens with one attached hydrogen (secondary N) is 2. The minimum Gasteiger partial charge on any atom is -0.467 e. The second-order valence-corrected chi connectivity index (χ2v) is 9.10. The highest BCUT2D eigenvalue weighted by Gasteiger charge is 2.36. The molecule has 0 bridgehead atoms. The van der Waals surface area contributed by atoms with Crippen molar-refractivity contribution in [1.29, 1.82) is 0 Å². The highest BCUT2D eigenvalue weighted by Crippen LogP contribution is 2.34. The van der Waals surface area contributed by atoms with Crippen LogP contribution in [0.3, 0.4) is 0 Å². The number of anilines is 1. The average Bonchev–Trinajstić information content (AvgIpc) is 3.31. The molecule has 2 atom stereocenters. The average molecular weight is 477 g/mol. The molecule has 2 heterocycles. The monoisotopic (exact) mass is 476 g/mol. The molecule has 0 radical (unpaired) electrons. The Bertz CT molecular complexity index is 1220. The van der Waals surface area contributed by atoms with Crippen LogP contribution in [0.1, 0.15) is 53.9 Å². The van der Waals surface area contributed by atoms with E-state index in [0.29, 0.717) is 28.5 Å². The Hall–Kier alpha value is -3.58. The molecule has 174 valence electrons. The van der Waals surface area contributed by atoms with E-state index in [2.05, 4.69) is 15.7 Å². The molecule has 34 heavy (non-hydrogen) atoms. The van der Waals surface area contributed by atoms with Gasteiger partial charge in [0.05, 0.1) is 12.0 Å². The minimum absolute atomic E-state index is 0.0974. The molecule has 2 aromatic carbocycles. The zero-order chi connectivity index (χ0) is 23.7. The van der Waals surface area contributed by atoms with Crippen molar-refractivity contribution in [3.8, 4) is 0 Å². The first kappa shape index (κ1) is 22.2. The summed E-state index contributed by atoms with van der Waals surface area (Å²) >= 11 is 6.03. The van der Waals surface area contributed by atoms with Crippen molar-refractivity contribution in [3.05, 3.63) is 88.8 Å². The fraction of sp³-hybridized carbons (Fsp3) is 0.269. The molecule has 1 saturated carbocycles. The summed E-state index contributed by atoms with van der Waals surface area (Å²) in [4.78, 5) is 25.9. The van der Waals surface area contributed by atoms with Crippen LogP contribution in [-0.4, -0.2) is 34.6 Å². The molecule has 0 spiro atoms. The number of furan rings is 1. The van der Waals surface area contributed by atoms with Gasteiger partial charge in [-0.1, -0.05) is 29.8 Å². The molecule has 2 aliphatic rings. The van der Waals surface area contributed by atoms with Crippen molar-refractivity contribution >= 4 is 34.8 Å². The third kappa shape index (κ3) is 4.84. The van der Waals surface area contributed by atoms with Gasteiger partial charge in [0.15, 0.2) is 0 Å². The van der Waals surface area contributed by atoms with Crippen LogP contribution in [0, 0.1) is 0 Å². The van der Waals surface area contributed by atoms with Gasteiger partial charge in [0, 0.05) is 28.7 Å². The van der Waals surface area contributed by atoms with Crippen LogP contribution in [0.25, 0.3) is 0 Å². The van der Waals surface area contributed by atoms with E-state index in [4.69, 9.17) is 16.0 Å². The van der Waals surface area contributed by atoms with Crippen LogP contribution >= 0.6 is 11.6 Å². The Morgan fingerprint density at radius 1 is 1.12 bits per heavy atom. The predicted molar refractivity (Wildman–Crippen MR) is 131 cm³/mol. The molecular formula is C26H25ClN4O3. The minimum atomic E-state index is -0.576. The van der Waals surface area contributed by atoms with Crippen LogP contribution in [0.5, 0.6) is 0 Å². The molecule has 0 saturated heterocycles. The van der Waals surface area contributed by atoms with Gasteiger partial charge in [-0.2, -0.15) is 5.10 Å². The predicted octanol–water partition coefficient (Wildman–Crippen LogP) is 5.00. The van der Waals surface area contributed by atoms with Gasteiger partial charge in [-0.3, -0.25) is 9.59 Å². The van der Waals surface area contributed by atoms with Gasteiger partial charge < -0.3 is 15.1 Å². The summed E-state index contributed by atoms with van der Waals surface area (Å²) in [6.07, 6.45) is 4.18. The normalized spacial score (nSPS) is 18.4. The number of halogens is 1. The summed E-state index contributed by atoms with van der Waals surface area (Å²) in [5.74, 6) is 0.380. The fourth-order valence-electron chi connectivity index (χ4n) is 3.99. The quantitative estimate of drug-likeness (QED) is 0.502. The third-order valence-electron chi connectivity index (χ3n) is 5.98. The van der Waals surface area contributed by atoms with Crippen LogP contribution in [0.2, 0.25) is 5.02 Å². The van der Waals surface area contributed by atoms with E-state index < -0.39 is 6.04 Å². The first-order chi connectivity index (χ1) is 16.5. The molecular weight excluding hydrogens is 452 g/mol. The van der Waals surface area contributed by atoms with Gasteiger partial charge in [-0.25, -0.2) is 5.01 Å². The topological polar surface area (TPSA) is 86.9 Å². The Kier molecular flexibility index (Phi) is 6.11. The lowest BCUT2D eigenvalue weighted by Gasteiger charge is -2.24. The van der Waals surface area contributed by atoms with E-state index in [9.17, 15) is 9.59 Å². The molecule has 2 N–H and O–H groups in total. The van der Waals surface area contributed by atoms with Crippen molar-refractivity contribution in [2.45, 2.75) is 44.3 Å². The van der Waals surface area contributed by atoms with Crippen molar-refractivity contribution < 1.29 is 14.0 Å². The molecule has 8 heteroatoms. The maximum Gasteiger partial charge on any atom is 0.265 e. The standard InChI is InChI=1S/C26H25ClN4O3/c1-16(28-21-5-2-4-18(14-21)25(32)29-20-11-12-20)26(33)31-23(24-6-3-13-34-24)15-22(30-31)17-7-9-19(27)10-8-17/h2-10,13-14,16,20,23,28H,11-12,15H2,1H3,(H,29,32)/t16-,23+/m0/s1. The zero-order valence-corrected chi connectivity index (χ0v) is 19.5. The molecule has 5 rings (SSSR count). The van der Waals surface area contributed by atoms with Gasteiger partial charge in [0.2, 0.25) is 0 Å². The number of benzene rings is 2. The van der Waals surface area contributed by atoms with Gasteiger partial charge in [-0.15, -0.1) is 0 Å². The summed E-state index contributed by atoms with van der Waals surface area (Å²) in [6, 6.07) is 17.6. The Labute approximate surface area is 202 Å². The Balaban J connectivity index is 1.34. The van der Waals surface area contributed by atoms with E-state index in [1.807, 2.05) is 36.4 Å². The van der Waals surface area contributed by atoms with Crippen LogP contribution < -0.4 is 10.6 Å². The number of hydrogen-bond acceptors (Lipinski definition) is 5. The summed E-state index contributed by atoms with van der Waals surface area (Å²) in [5, 5.41) is 13.0. The van der Waals surface area contributed by atoms with Crippen LogP contribution in [0.15, 0.2) is 76.4 Å². The largest absolute Gasteiger partial charge is 0.467 e. The van der Waals surface area contributed by atoms with E-state index >= 15 is 0 Å². The van der Waals surface area contributed by atoms with Gasteiger partial charge in [0.1, 0.15) is 17.8 Å². The number of nitrogens with zero attached hydrogens (tertiary/aromatic N) is 2. The second-order valence-electron chi connectivity index (χ2n) is 8.67. The van der Waals surface area contributed by atoms with Crippen molar-refractivity contribution in [3.63, 3.8) is 0 Å². The van der Waals surface area contributed by atoms with Gasteiger partial charge >= 0.3 is 0 Å². The highest BCUT2D eigenvalue weighted by molar-refractivity contribution is 6.30. The van der Waals surface area contributed by atoms with Crippen LogP contribution in [0.4, 0.5) is 5.69 Å². The summed E-state index contributed by atoms with van der Waals surface area (Å²) in [6.45, 7) is 1.79. The maximum absolute atomic E-state index is 13.5. The summed E-state index contributed by atoms with van der Waals surface area (Å²) in [5.41, 5.74) is 2.96. The molecule has 2 amide bonds. The van der Waals surface area contributed by atoms with Crippen molar-refractivity contribution in [2.75, 3.05) is 5.32 Å². The number of amides is 2. The zero-order valence-electron chi connectivity index (χ0n) is 18.7. The first-order valence-electron chi connectivity index (χ1n) is 11.4. The van der Waals surface area contributed by atoms with E-state index in [0.717, 1.165) is 24.1 Å².